The summed E-state index contributed by atoms with van der Waals surface area (Å²) in [6.07, 6.45) is 0. The molecule has 5 nitrogen and oxygen atoms in total. The van der Waals surface area contributed by atoms with Gasteiger partial charge in [0.05, 0.1) is 0 Å². The van der Waals surface area contributed by atoms with Crippen LogP contribution in [0.5, 0.6) is 17.2 Å². The van der Waals surface area contributed by atoms with Gasteiger partial charge in [0.2, 0.25) is 6.79 Å². The van der Waals surface area contributed by atoms with E-state index in [1.54, 1.807) is 9.80 Å². The molecular weight excluding hydrogens is 400 g/mol. The van der Waals surface area contributed by atoms with E-state index in [0.717, 1.165) is 48.8 Å². The predicted molar refractivity (Wildman–Crippen MR) is 127 cm³/mol. The lowest BCUT2D eigenvalue weighted by Crippen LogP contribution is -3.27. The zero-order valence-electron chi connectivity index (χ0n) is 20.6. The van der Waals surface area contributed by atoms with Crippen LogP contribution >= 0.6 is 0 Å². The fourth-order valence-corrected chi connectivity index (χ4v) is 4.88. The van der Waals surface area contributed by atoms with Gasteiger partial charge < -0.3 is 24.4 Å². The van der Waals surface area contributed by atoms with E-state index in [1.165, 1.54) is 24.2 Å². The van der Waals surface area contributed by atoms with E-state index in [9.17, 15) is 5.11 Å². The third-order valence-corrected chi connectivity index (χ3v) is 6.80. The first kappa shape index (κ1) is 22.9. The van der Waals surface area contributed by atoms with Gasteiger partial charge in [0, 0.05) is 22.3 Å². The molecule has 3 N–H and O–H groups in total. The number of phenols is 1. The van der Waals surface area contributed by atoms with E-state index in [4.69, 9.17) is 9.47 Å². The van der Waals surface area contributed by atoms with Crippen LogP contribution in [0.3, 0.4) is 0 Å². The van der Waals surface area contributed by atoms with Gasteiger partial charge >= 0.3 is 0 Å². The summed E-state index contributed by atoms with van der Waals surface area (Å²) in [7, 11) is 0. The number of quaternary nitrogens is 2. The molecule has 2 aliphatic rings. The van der Waals surface area contributed by atoms with Crippen LogP contribution in [-0.4, -0.2) is 38.1 Å². The van der Waals surface area contributed by atoms with E-state index in [2.05, 4.69) is 65.8 Å². The minimum Gasteiger partial charge on any atom is -0.507 e. The highest BCUT2D eigenvalue weighted by atomic mass is 16.7. The molecule has 0 unspecified atom stereocenters. The number of benzene rings is 2. The van der Waals surface area contributed by atoms with Crippen molar-refractivity contribution in [2.24, 2.45) is 0 Å². The van der Waals surface area contributed by atoms with Gasteiger partial charge in [-0.3, -0.25) is 0 Å². The number of hydrogen-bond acceptors (Lipinski definition) is 3. The van der Waals surface area contributed by atoms with Crippen molar-refractivity contribution in [2.45, 2.75) is 65.5 Å². The number of fused-ring (bicyclic) bond motifs is 1. The molecular formula is C27H40N2O3+2. The minimum atomic E-state index is -0.0805. The fourth-order valence-electron chi connectivity index (χ4n) is 4.88. The summed E-state index contributed by atoms with van der Waals surface area (Å²) in [5.41, 5.74) is 4.62. The van der Waals surface area contributed by atoms with E-state index < -0.39 is 0 Å². The maximum atomic E-state index is 11.0. The summed E-state index contributed by atoms with van der Waals surface area (Å²) in [5.74, 6) is 2.21. The minimum absolute atomic E-state index is 0.0805. The third-order valence-electron chi connectivity index (χ3n) is 6.80. The third kappa shape index (κ3) is 5.05. The van der Waals surface area contributed by atoms with Crippen LogP contribution in [0.15, 0.2) is 30.3 Å². The van der Waals surface area contributed by atoms with Crippen LogP contribution in [0.4, 0.5) is 0 Å². The molecule has 5 heteroatoms. The molecule has 0 amide bonds. The second kappa shape index (κ2) is 8.60. The van der Waals surface area contributed by atoms with Gasteiger partial charge in [0.15, 0.2) is 11.5 Å². The van der Waals surface area contributed by atoms with Crippen molar-refractivity contribution in [1.82, 2.24) is 0 Å². The number of rotatable bonds is 4. The van der Waals surface area contributed by atoms with Crippen molar-refractivity contribution in [3.63, 3.8) is 0 Å². The van der Waals surface area contributed by atoms with Gasteiger partial charge in [-0.1, -0.05) is 41.5 Å². The topological polar surface area (TPSA) is 47.6 Å². The maximum absolute atomic E-state index is 11.0. The normalized spacial score (nSPS) is 21.1. The first-order chi connectivity index (χ1) is 15.0. The highest BCUT2D eigenvalue weighted by molar-refractivity contribution is 5.49. The Balaban J connectivity index is 1.41. The molecule has 0 bridgehead atoms. The lowest BCUT2D eigenvalue weighted by Gasteiger charge is -2.31. The standard InChI is InChI=1S/C27H38N2O3/c1-26(2,3)21-13-20(14-22(25(21)30)27(4,5)6)17-29-11-9-28(10-12-29)16-19-7-8-23-24(15-19)32-18-31-23/h7-8,13-15,30H,9-12,16-18H2,1-6H3/p+2. The zero-order valence-corrected chi connectivity index (χ0v) is 20.6. The largest absolute Gasteiger partial charge is 0.507 e. The van der Waals surface area contributed by atoms with Crippen LogP contribution in [-0.2, 0) is 23.9 Å². The smallest absolute Gasteiger partial charge is 0.231 e. The Labute approximate surface area is 192 Å². The van der Waals surface area contributed by atoms with Crippen LogP contribution in [0, 0.1) is 0 Å². The number of piperazine rings is 1. The molecule has 0 aromatic heterocycles. The van der Waals surface area contributed by atoms with E-state index in [-0.39, 0.29) is 10.8 Å². The SMILES string of the molecule is CC(C)(C)c1cc(C[NH+]2CC[NH+](Cc3ccc4c(c3)OCO4)CC2)cc(C(C)(C)C)c1O. The van der Waals surface area contributed by atoms with Crippen LogP contribution < -0.4 is 19.3 Å². The van der Waals surface area contributed by atoms with E-state index in [1.807, 2.05) is 6.07 Å². The molecule has 2 aliphatic heterocycles. The van der Waals surface area contributed by atoms with Gasteiger partial charge in [-0.05, 0) is 41.2 Å². The van der Waals surface area contributed by atoms with Crippen molar-refractivity contribution in [3.05, 3.63) is 52.6 Å². The highest BCUT2D eigenvalue weighted by Crippen LogP contribution is 2.39. The maximum Gasteiger partial charge on any atom is 0.231 e. The number of nitrogens with one attached hydrogen (secondary N) is 2. The average Bonchev–Trinajstić information content (AvgIpc) is 3.17. The predicted octanol–water partition coefficient (Wildman–Crippen LogP) is 2.20. The molecule has 2 heterocycles. The molecule has 1 fully saturated rings. The van der Waals surface area contributed by atoms with Crippen molar-refractivity contribution >= 4 is 0 Å². The summed E-state index contributed by atoms with van der Waals surface area (Å²) < 4.78 is 11.0. The number of ether oxygens (including phenoxy) is 2. The molecule has 1 saturated heterocycles. The molecule has 174 valence electrons. The molecule has 4 rings (SSSR count). The molecule has 0 radical (unpaired) electrons. The first-order valence-electron chi connectivity index (χ1n) is 11.9. The molecule has 0 saturated carbocycles. The Morgan fingerprint density at radius 1 is 0.719 bits per heavy atom. The summed E-state index contributed by atoms with van der Waals surface area (Å²) in [5, 5.41) is 11.0. The zero-order chi connectivity index (χ0) is 23.1. The molecule has 2 aromatic carbocycles. The van der Waals surface area contributed by atoms with Crippen LogP contribution in [0.1, 0.15) is 63.8 Å². The first-order valence-corrected chi connectivity index (χ1v) is 11.9. The van der Waals surface area contributed by atoms with Gasteiger partial charge in [0.25, 0.3) is 0 Å². The van der Waals surface area contributed by atoms with Gasteiger partial charge in [-0.15, -0.1) is 0 Å². The summed E-state index contributed by atoms with van der Waals surface area (Å²) in [6, 6.07) is 10.8. The Bertz CT molecular complexity index is 929. The van der Waals surface area contributed by atoms with Gasteiger partial charge in [-0.25, -0.2) is 0 Å². The second-order valence-corrected chi connectivity index (χ2v) is 11.6. The number of hydrogen-bond donors (Lipinski definition) is 3. The van der Waals surface area contributed by atoms with E-state index in [0.29, 0.717) is 12.5 Å². The lowest BCUT2D eigenvalue weighted by molar-refractivity contribution is -1.02. The summed E-state index contributed by atoms with van der Waals surface area (Å²) in [6.45, 7) is 20.1. The Morgan fingerprint density at radius 3 is 1.75 bits per heavy atom. The number of aromatic hydroxyl groups is 1. The molecule has 32 heavy (non-hydrogen) atoms. The quantitative estimate of drug-likeness (QED) is 0.683. The molecule has 0 atom stereocenters. The van der Waals surface area contributed by atoms with Gasteiger partial charge in [0.1, 0.15) is 45.0 Å². The molecule has 0 spiro atoms. The highest BCUT2D eigenvalue weighted by Gasteiger charge is 2.29. The second-order valence-electron chi connectivity index (χ2n) is 11.6. The van der Waals surface area contributed by atoms with Crippen molar-refractivity contribution in [1.29, 1.82) is 0 Å². The molecule has 2 aromatic rings. The summed E-state index contributed by atoms with van der Waals surface area (Å²) in [4.78, 5) is 3.26. The Kier molecular flexibility index (Phi) is 6.17. The average molecular weight is 441 g/mol. The van der Waals surface area contributed by atoms with Gasteiger partial charge in [-0.2, -0.15) is 0 Å². The summed E-state index contributed by atoms with van der Waals surface area (Å²) >= 11 is 0. The van der Waals surface area contributed by atoms with Crippen molar-refractivity contribution in [3.8, 4) is 17.2 Å². The Hall–Kier alpha value is -2.24. The molecule has 0 aliphatic carbocycles. The van der Waals surface area contributed by atoms with Crippen LogP contribution in [0.25, 0.3) is 0 Å². The fraction of sp³-hybridized carbons (Fsp3) is 0.556. The monoisotopic (exact) mass is 440 g/mol. The Morgan fingerprint density at radius 2 is 1.22 bits per heavy atom. The number of phenolic OH excluding ortho intramolecular Hbond substituents is 1. The van der Waals surface area contributed by atoms with Crippen molar-refractivity contribution in [2.75, 3.05) is 33.0 Å². The van der Waals surface area contributed by atoms with Crippen molar-refractivity contribution < 1.29 is 24.4 Å². The van der Waals surface area contributed by atoms with Crippen LogP contribution in [0.2, 0.25) is 0 Å². The lowest BCUT2D eigenvalue weighted by atomic mass is 9.78. The van der Waals surface area contributed by atoms with E-state index >= 15 is 0 Å².